The van der Waals surface area contributed by atoms with Crippen molar-refractivity contribution in [2.45, 2.75) is 49.6 Å². The zero-order chi connectivity index (χ0) is 18.6. The molecule has 5 nitrogen and oxygen atoms in total. The number of likely N-dealkylation sites (tertiary alicyclic amines) is 1. The second-order valence-electron chi connectivity index (χ2n) is 7.67. The number of nitrogens with zero attached hydrogens (tertiary/aromatic N) is 1. The lowest BCUT2D eigenvalue weighted by Crippen LogP contribution is -2.46. The van der Waals surface area contributed by atoms with Crippen molar-refractivity contribution in [3.63, 3.8) is 0 Å². The maximum Gasteiger partial charge on any atom is 0.221 e. The molecule has 6 heteroatoms. The predicted octanol–water partition coefficient (Wildman–Crippen LogP) is 1.80. The van der Waals surface area contributed by atoms with E-state index in [4.69, 9.17) is 10.5 Å². The minimum absolute atomic E-state index is 0.0572. The van der Waals surface area contributed by atoms with E-state index < -0.39 is 0 Å². The number of nitrogens with two attached hydrogens (primary N) is 1. The summed E-state index contributed by atoms with van der Waals surface area (Å²) in [5, 5.41) is 3.12. The van der Waals surface area contributed by atoms with E-state index in [-0.39, 0.29) is 23.2 Å². The van der Waals surface area contributed by atoms with E-state index in [0.29, 0.717) is 38.8 Å². The molecule has 0 spiro atoms. The minimum Gasteiger partial charge on any atom is -0.381 e. The van der Waals surface area contributed by atoms with Gasteiger partial charge in [0.2, 0.25) is 5.91 Å². The molecule has 3 rings (SSSR count). The van der Waals surface area contributed by atoms with Gasteiger partial charge in [0.25, 0.3) is 0 Å². The van der Waals surface area contributed by atoms with Crippen molar-refractivity contribution >= 4 is 5.91 Å². The highest BCUT2D eigenvalue weighted by molar-refractivity contribution is 5.76. The van der Waals surface area contributed by atoms with Gasteiger partial charge in [0.05, 0.1) is 0 Å². The summed E-state index contributed by atoms with van der Waals surface area (Å²) in [6, 6.07) is 7.37. The van der Waals surface area contributed by atoms with E-state index in [9.17, 15) is 9.18 Å². The average Bonchev–Trinajstić information content (AvgIpc) is 3.00. The molecule has 1 amide bonds. The van der Waals surface area contributed by atoms with E-state index in [1.165, 1.54) is 6.07 Å². The Kier molecular flexibility index (Phi) is 6.27. The van der Waals surface area contributed by atoms with Crippen molar-refractivity contribution < 1.29 is 13.9 Å². The summed E-state index contributed by atoms with van der Waals surface area (Å²) in [6.45, 7) is 2.43. The molecule has 0 bridgehead atoms. The van der Waals surface area contributed by atoms with Crippen LogP contribution in [0.4, 0.5) is 4.39 Å². The summed E-state index contributed by atoms with van der Waals surface area (Å²) in [7, 11) is 2.05. The number of carbonyl (C=O) groups is 1. The third-order valence-corrected chi connectivity index (χ3v) is 6.19. The van der Waals surface area contributed by atoms with Gasteiger partial charge in [-0.25, -0.2) is 4.39 Å². The molecule has 0 saturated carbocycles. The van der Waals surface area contributed by atoms with Crippen molar-refractivity contribution in [3.05, 3.63) is 35.6 Å². The number of rotatable bonds is 6. The third kappa shape index (κ3) is 4.24. The van der Waals surface area contributed by atoms with Gasteiger partial charge < -0.3 is 15.8 Å². The highest BCUT2D eigenvalue weighted by Crippen LogP contribution is 2.34. The SMILES string of the molecule is CN1[C@@H](CN)CC[C@H]1CC(=O)NCC1(c2cccc(F)c2)CCOCC1. The smallest absolute Gasteiger partial charge is 0.221 e. The number of amides is 1. The summed E-state index contributed by atoms with van der Waals surface area (Å²) < 4.78 is 19.2. The Balaban J connectivity index is 1.62. The van der Waals surface area contributed by atoms with Crippen molar-refractivity contribution in [1.82, 2.24) is 10.2 Å². The fraction of sp³-hybridized carbons (Fsp3) is 0.650. The van der Waals surface area contributed by atoms with E-state index in [0.717, 1.165) is 31.2 Å². The van der Waals surface area contributed by atoms with Gasteiger partial charge >= 0.3 is 0 Å². The Hall–Kier alpha value is -1.50. The lowest BCUT2D eigenvalue weighted by molar-refractivity contribution is -0.122. The van der Waals surface area contributed by atoms with Gasteiger partial charge in [0.15, 0.2) is 0 Å². The molecule has 2 heterocycles. The molecule has 2 aliphatic rings. The third-order valence-electron chi connectivity index (χ3n) is 6.19. The number of nitrogens with one attached hydrogen (secondary N) is 1. The van der Waals surface area contributed by atoms with E-state index in [1.54, 1.807) is 12.1 Å². The molecule has 2 aliphatic heterocycles. The number of ether oxygens (including phenoxy) is 1. The number of halogens is 1. The molecule has 2 atom stereocenters. The van der Waals surface area contributed by atoms with Crippen LogP contribution in [0, 0.1) is 5.82 Å². The summed E-state index contributed by atoms with van der Waals surface area (Å²) in [6.07, 6.45) is 4.12. The molecular weight excluding hydrogens is 333 g/mol. The quantitative estimate of drug-likeness (QED) is 0.809. The van der Waals surface area contributed by atoms with Gasteiger partial charge in [-0.2, -0.15) is 0 Å². The van der Waals surface area contributed by atoms with Gasteiger partial charge in [-0.1, -0.05) is 12.1 Å². The lowest BCUT2D eigenvalue weighted by atomic mass is 9.74. The second kappa shape index (κ2) is 8.46. The Labute approximate surface area is 155 Å². The Morgan fingerprint density at radius 2 is 2.08 bits per heavy atom. The fourth-order valence-corrected chi connectivity index (χ4v) is 4.32. The first kappa shape index (κ1) is 19.3. The molecule has 144 valence electrons. The molecule has 1 aromatic carbocycles. The van der Waals surface area contributed by atoms with Crippen molar-refractivity contribution in [2.75, 3.05) is 33.4 Å². The molecular formula is C20H30FN3O2. The first-order valence-corrected chi connectivity index (χ1v) is 9.56. The molecule has 1 aromatic rings. The number of hydrogen-bond acceptors (Lipinski definition) is 4. The molecule has 0 unspecified atom stereocenters. The number of hydrogen-bond donors (Lipinski definition) is 2. The number of benzene rings is 1. The lowest BCUT2D eigenvalue weighted by Gasteiger charge is -2.38. The molecule has 0 aliphatic carbocycles. The molecule has 0 aromatic heterocycles. The average molecular weight is 363 g/mol. The van der Waals surface area contributed by atoms with Crippen LogP contribution in [0.3, 0.4) is 0 Å². The van der Waals surface area contributed by atoms with Crippen molar-refractivity contribution in [1.29, 1.82) is 0 Å². The maximum atomic E-state index is 13.7. The normalized spacial score (nSPS) is 26.0. The maximum absolute atomic E-state index is 13.7. The monoisotopic (exact) mass is 363 g/mol. The van der Waals surface area contributed by atoms with Crippen LogP contribution < -0.4 is 11.1 Å². The van der Waals surface area contributed by atoms with Gasteiger partial charge in [-0.05, 0) is 50.4 Å². The number of likely N-dealkylation sites (N-methyl/N-ethyl adjacent to an activating group) is 1. The number of carbonyl (C=O) groups excluding carboxylic acids is 1. The standard InChI is InChI=1S/C20H30FN3O2/c1-24-17(5-6-18(24)13-22)12-19(25)23-14-20(7-9-26-10-8-20)15-3-2-4-16(21)11-15/h2-4,11,17-18H,5-10,12-14,22H2,1H3,(H,23,25)/t17-,18+/m0/s1. The highest BCUT2D eigenvalue weighted by atomic mass is 19.1. The Bertz CT molecular complexity index is 619. The molecule has 2 saturated heterocycles. The summed E-state index contributed by atoms with van der Waals surface area (Å²) in [4.78, 5) is 14.8. The highest BCUT2D eigenvalue weighted by Gasteiger charge is 2.36. The Morgan fingerprint density at radius 3 is 2.73 bits per heavy atom. The van der Waals surface area contributed by atoms with Gasteiger partial charge in [0, 0.05) is 50.2 Å². The summed E-state index contributed by atoms with van der Waals surface area (Å²) in [5.74, 6) is -0.179. The predicted molar refractivity (Wildman–Crippen MR) is 99.4 cm³/mol. The van der Waals surface area contributed by atoms with Crippen LogP contribution in [0.15, 0.2) is 24.3 Å². The zero-order valence-corrected chi connectivity index (χ0v) is 15.5. The van der Waals surface area contributed by atoms with Crippen LogP contribution in [0.2, 0.25) is 0 Å². The first-order valence-electron chi connectivity index (χ1n) is 9.56. The van der Waals surface area contributed by atoms with Crippen LogP contribution in [0.25, 0.3) is 0 Å². The van der Waals surface area contributed by atoms with E-state index in [1.807, 2.05) is 6.07 Å². The van der Waals surface area contributed by atoms with Gasteiger partial charge in [-0.3, -0.25) is 9.69 Å². The zero-order valence-electron chi connectivity index (χ0n) is 15.5. The van der Waals surface area contributed by atoms with Crippen LogP contribution >= 0.6 is 0 Å². The fourth-order valence-electron chi connectivity index (χ4n) is 4.32. The molecule has 0 radical (unpaired) electrons. The van der Waals surface area contributed by atoms with Crippen LogP contribution in [-0.2, 0) is 14.9 Å². The van der Waals surface area contributed by atoms with Gasteiger partial charge in [0.1, 0.15) is 5.82 Å². The minimum atomic E-state index is -0.253. The topological polar surface area (TPSA) is 67.6 Å². The Morgan fingerprint density at radius 1 is 1.35 bits per heavy atom. The van der Waals surface area contributed by atoms with Crippen LogP contribution in [-0.4, -0.2) is 56.2 Å². The molecule has 26 heavy (non-hydrogen) atoms. The first-order chi connectivity index (χ1) is 12.5. The summed E-state index contributed by atoms with van der Waals surface area (Å²) >= 11 is 0. The van der Waals surface area contributed by atoms with Crippen LogP contribution in [0.1, 0.15) is 37.7 Å². The van der Waals surface area contributed by atoms with Crippen molar-refractivity contribution in [2.24, 2.45) is 5.73 Å². The van der Waals surface area contributed by atoms with Crippen LogP contribution in [0.5, 0.6) is 0 Å². The van der Waals surface area contributed by atoms with Gasteiger partial charge in [-0.15, -0.1) is 0 Å². The second-order valence-corrected chi connectivity index (χ2v) is 7.67. The largest absolute Gasteiger partial charge is 0.381 e. The molecule has 2 fully saturated rings. The van der Waals surface area contributed by atoms with E-state index in [2.05, 4.69) is 17.3 Å². The van der Waals surface area contributed by atoms with E-state index >= 15 is 0 Å². The molecule has 3 N–H and O–H groups in total. The summed E-state index contributed by atoms with van der Waals surface area (Å²) in [5.41, 5.74) is 6.48. The van der Waals surface area contributed by atoms with Crippen molar-refractivity contribution in [3.8, 4) is 0 Å².